The second-order valence-electron chi connectivity index (χ2n) is 20.3. The van der Waals surface area contributed by atoms with Crippen LogP contribution in [0.15, 0.2) is 30.3 Å². The van der Waals surface area contributed by atoms with Gasteiger partial charge in [0.1, 0.15) is 11.4 Å². The Kier molecular flexibility index (Phi) is 23.8. The van der Waals surface area contributed by atoms with Crippen molar-refractivity contribution >= 4 is 35.4 Å². The molecule has 65 heavy (non-hydrogen) atoms. The Bertz CT molecular complexity index is 1670. The molecule has 0 bridgehead atoms. The molecule has 1 aliphatic heterocycles. The summed E-state index contributed by atoms with van der Waals surface area (Å²) in [5, 5.41) is 10.0. The van der Waals surface area contributed by atoms with Gasteiger partial charge < -0.3 is 34.0 Å². The quantitative estimate of drug-likeness (QED) is 0.0822. The van der Waals surface area contributed by atoms with Gasteiger partial charge in [-0.2, -0.15) is 0 Å². The van der Waals surface area contributed by atoms with E-state index >= 15 is 0 Å². The maximum Gasteiger partial charge on any atom is 0.410 e. The van der Waals surface area contributed by atoms with Gasteiger partial charge in [-0.3, -0.25) is 28.9 Å². The lowest BCUT2D eigenvalue weighted by Gasteiger charge is -2.41. The van der Waals surface area contributed by atoms with Gasteiger partial charge in [0, 0.05) is 66.1 Å². The van der Waals surface area contributed by atoms with Crippen LogP contribution in [0, 0.1) is 35.5 Å². The Morgan fingerprint density at radius 3 is 1.97 bits per heavy atom. The van der Waals surface area contributed by atoms with Crippen LogP contribution in [0.5, 0.6) is 0 Å². The van der Waals surface area contributed by atoms with Gasteiger partial charge in [0.05, 0.1) is 42.7 Å². The first-order chi connectivity index (χ1) is 30.4. The molecule has 2 rings (SSSR count). The zero-order valence-electron chi connectivity index (χ0n) is 42.6. The van der Waals surface area contributed by atoms with Crippen LogP contribution in [-0.4, -0.2) is 151 Å². The molecule has 0 aromatic heterocycles. The first-order valence-corrected chi connectivity index (χ1v) is 24.0. The third-order valence-electron chi connectivity index (χ3n) is 13.4. The molecule has 370 valence electrons. The summed E-state index contributed by atoms with van der Waals surface area (Å²) in [4.78, 5) is 88.7. The fourth-order valence-electron chi connectivity index (χ4n) is 9.53. The molecular weight excluding hydrogens is 829 g/mol. The van der Waals surface area contributed by atoms with E-state index in [1.54, 1.807) is 42.8 Å². The molecular formula is C51H86N4O10. The molecule has 14 nitrogen and oxygen atoms in total. The molecule has 1 fully saturated rings. The number of nitrogens with zero attached hydrogens (tertiary/aromatic N) is 4. The van der Waals surface area contributed by atoms with Crippen molar-refractivity contribution in [2.75, 3.05) is 55.0 Å². The van der Waals surface area contributed by atoms with Crippen LogP contribution < -0.4 is 0 Å². The number of hydrogen-bond acceptors (Lipinski definition) is 10. The summed E-state index contributed by atoms with van der Waals surface area (Å²) in [6.07, 6.45) is 2.06. The average Bonchev–Trinajstić information content (AvgIpc) is 3.72. The van der Waals surface area contributed by atoms with E-state index in [0.717, 1.165) is 24.8 Å². The number of carbonyl (C=O) groups excluding carboxylic acids is 5. The lowest BCUT2D eigenvalue weighted by Crippen LogP contribution is -2.54. The van der Waals surface area contributed by atoms with Gasteiger partial charge in [-0.1, -0.05) is 85.2 Å². The predicted molar refractivity (Wildman–Crippen MR) is 254 cm³/mol. The summed E-state index contributed by atoms with van der Waals surface area (Å²) in [6.45, 7) is 21.0. The number of carboxylic acids is 1. The first kappa shape index (κ1) is 57.2. The molecule has 0 aliphatic carbocycles. The standard InChI is InChI=1S/C51H86N4O10/c1-16-35(6)46(54(13)48(59)39(33(2)3)31-42(57)45(34(4)5)52(11)26-20-21-27-53(12)50(62)65-51(8,9)10)43(63-14)32-44(58)55-28-22-25-40(55)47(64-15)36(7)41(56)30-38(49(60)61)29-37-23-18-17-19-24-37/h17-19,23-24,33-36,38-40,43,45-47H,16,20-22,25-32H2,1-15H3,(H,60,61)/t35-,36-,38+,39-,40-,43+,45-,46-,47+/m0/s1. The fraction of sp³-hybridized carbons (Fsp3) is 0.765. The molecule has 0 radical (unpaired) electrons. The van der Waals surface area contributed by atoms with Crippen LogP contribution in [0.25, 0.3) is 0 Å². The summed E-state index contributed by atoms with van der Waals surface area (Å²) in [7, 11) is 8.50. The zero-order valence-corrected chi connectivity index (χ0v) is 42.6. The number of likely N-dealkylation sites (N-methyl/N-ethyl adjacent to an activating group) is 2. The number of unbranched alkanes of at least 4 members (excludes halogenated alkanes) is 1. The first-order valence-electron chi connectivity index (χ1n) is 24.0. The number of methoxy groups -OCH3 is 2. The van der Waals surface area contributed by atoms with Crippen LogP contribution in [0.2, 0.25) is 0 Å². The van der Waals surface area contributed by atoms with Crippen LogP contribution in [0.1, 0.15) is 126 Å². The number of carboxylic acid groups (broad SMARTS) is 1. The van der Waals surface area contributed by atoms with Gasteiger partial charge in [0.25, 0.3) is 0 Å². The van der Waals surface area contributed by atoms with Crippen molar-refractivity contribution < 1.29 is 48.1 Å². The highest BCUT2D eigenvalue weighted by atomic mass is 16.6. The van der Waals surface area contributed by atoms with Crippen molar-refractivity contribution in [2.24, 2.45) is 35.5 Å². The molecule has 1 aromatic rings. The Balaban J connectivity index is 2.21. The molecule has 14 heteroatoms. The number of Topliss-reactive ketones (excluding diaryl/α,β-unsaturated/α-hetero) is 2. The maximum absolute atomic E-state index is 14.6. The van der Waals surface area contributed by atoms with Gasteiger partial charge in [0.2, 0.25) is 11.8 Å². The second-order valence-corrected chi connectivity index (χ2v) is 20.3. The van der Waals surface area contributed by atoms with E-state index < -0.39 is 59.7 Å². The normalized spacial score (nSPS) is 18.1. The largest absolute Gasteiger partial charge is 0.481 e. The Morgan fingerprint density at radius 1 is 0.831 bits per heavy atom. The van der Waals surface area contributed by atoms with Gasteiger partial charge in [0.15, 0.2) is 5.78 Å². The van der Waals surface area contributed by atoms with E-state index in [2.05, 4.69) is 4.90 Å². The third kappa shape index (κ3) is 17.4. The van der Waals surface area contributed by atoms with E-state index in [1.165, 1.54) is 7.11 Å². The van der Waals surface area contributed by atoms with Gasteiger partial charge >= 0.3 is 12.1 Å². The van der Waals surface area contributed by atoms with Crippen LogP contribution >= 0.6 is 0 Å². The number of rotatable bonds is 28. The van der Waals surface area contributed by atoms with E-state index in [9.17, 15) is 33.9 Å². The highest BCUT2D eigenvalue weighted by Gasteiger charge is 2.43. The molecule has 1 saturated heterocycles. The van der Waals surface area contributed by atoms with E-state index in [4.69, 9.17) is 14.2 Å². The van der Waals surface area contributed by atoms with Crippen molar-refractivity contribution in [1.29, 1.82) is 0 Å². The van der Waals surface area contributed by atoms with Crippen LogP contribution in [0.3, 0.4) is 0 Å². The number of likely N-dealkylation sites (tertiary alicyclic amines) is 1. The average molecular weight is 915 g/mol. The zero-order chi connectivity index (χ0) is 49.3. The highest BCUT2D eigenvalue weighted by Crippen LogP contribution is 2.32. The van der Waals surface area contributed by atoms with Crippen molar-refractivity contribution in [2.45, 2.75) is 163 Å². The lowest BCUT2D eigenvalue weighted by molar-refractivity contribution is -0.149. The molecule has 3 amide bonds. The predicted octanol–water partition coefficient (Wildman–Crippen LogP) is 7.64. The minimum Gasteiger partial charge on any atom is -0.481 e. The smallest absolute Gasteiger partial charge is 0.410 e. The summed E-state index contributed by atoms with van der Waals surface area (Å²) in [6, 6.07) is 7.98. The van der Waals surface area contributed by atoms with Gasteiger partial charge in [-0.15, -0.1) is 0 Å². The van der Waals surface area contributed by atoms with Gasteiger partial charge in [-0.25, -0.2) is 4.79 Å². The minimum absolute atomic E-state index is 0.00235. The molecule has 1 N–H and O–H groups in total. The minimum atomic E-state index is -1.03. The number of amides is 3. The molecule has 1 aliphatic rings. The van der Waals surface area contributed by atoms with E-state index in [1.807, 2.05) is 99.7 Å². The lowest BCUT2D eigenvalue weighted by atomic mass is 9.83. The topological polar surface area (TPSA) is 163 Å². The fourth-order valence-corrected chi connectivity index (χ4v) is 9.53. The second kappa shape index (κ2) is 27.1. The monoisotopic (exact) mass is 915 g/mol. The molecule has 1 heterocycles. The molecule has 9 atom stereocenters. The number of aliphatic carboxylic acids is 1. The van der Waals surface area contributed by atoms with E-state index in [-0.39, 0.29) is 72.9 Å². The maximum atomic E-state index is 14.6. The number of benzene rings is 1. The van der Waals surface area contributed by atoms with Crippen LogP contribution in [-0.2, 0) is 44.6 Å². The van der Waals surface area contributed by atoms with Crippen molar-refractivity contribution in [3.8, 4) is 0 Å². The number of carbonyl (C=O) groups is 6. The van der Waals surface area contributed by atoms with Crippen molar-refractivity contribution in [1.82, 2.24) is 19.6 Å². The Labute approximate surface area is 391 Å². The number of ether oxygens (including phenoxy) is 3. The van der Waals surface area contributed by atoms with Gasteiger partial charge in [-0.05, 0) is 89.8 Å². The van der Waals surface area contributed by atoms with Crippen molar-refractivity contribution in [3.63, 3.8) is 0 Å². The van der Waals surface area contributed by atoms with E-state index in [0.29, 0.717) is 32.5 Å². The Hall–Kier alpha value is -3.88. The summed E-state index contributed by atoms with van der Waals surface area (Å²) < 4.78 is 17.5. The SMILES string of the molecule is CC[C@H](C)[C@@H]([C@@H](CC(=O)N1CCC[C@H]1[C@H](OC)[C@@H](C)C(=O)C[C@@H](Cc1ccccc1)C(=O)O)OC)N(C)C(=O)[C@@H](CC(=O)[C@H](C(C)C)N(C)CCCCN(C)C(=O)OC(C)(C)C)C(C)C. The molecule has 1 aromatic carbocycles. The molecule has 0 spiro atoms. The summed E-state index contributed by atoms with van der Waals surface area (Å²) in [5.74, 6) is -3.92. The van der Waals surface area contributed by atoms with Crippen molar-refractivity contribution in [3.05, 3.63) is 35.9 Å². The molecule has 0 unspecified atom stereocenters. The Morgan fingerprint density at radius 2 is 1.45 bits per heavy atom. The number of ketones is 2. The molecule has 0 saturated carbocycles. The van der Waals surface area contributed by atoms with Crippen LogP contribution in [0.4, 0.5) is 4.79 Å². The summed E-state index contributed by atoms with van der Waals surface area (Å²) in [5.41, 5.74) is 0.271. The highest BCUT2D eigenvalue weighted by molar-refractivity contribution is 5.90. The third-order valence-corrected chi connectivity index (χ3v) is 13.4. The summed E-state index contributed by atoms with van der Waals surface area (Å²) >= 11 is 0. The number of hydrogen-bond donors (Lipinski definition) is 1.